The van der Waals surface area contributed by atoms with Crippen molar-refractivity contribution < 1.29 is 4.74 Å². The van der Waals surface area contributed by atoms with Crippen molar-refractivity contribution >= 4 is 17.2 Å². The fourth-order valence-corrected chi connectivity index (χ4v) is 4.95. The van der Waals surface area contributed by atoms with Gasteiger partial charge < -0.3 is 9.64 Å². The van der Waals surface area contributed by atoms with E-state index in [4.69, 9.17) is 9.72 Å². The molecule has 0 atom stereocenters. The molecule has 158 valence electrons. The maximum absolute atomic E-state index is 5.49. The van der Waals surface area contributed by atoms with E-state index in [1.165, 1.54) is 5.01 Å². The van der Waals surface area contributed by atoms with Crippen LogP contribution in [0.5, 0.6) is 5.75 Å². The number of anilines is 1. The molecule has 0 radical (unpaired) electrons. The van der Waals surface area contributed by atoms with Crippen LogP contribution in [0.2, 0.25) is 0 Å². The molecule has 0 unspecified atom stereocenters. The smallest absolute Gasteiger partial charge is 0.175 e. The van der Waals surface area contributed by atoms with Crippen molar-refractivity contribution in [2.75, 3.05) is 25.1 Å². The minimum atomic E-state index is 0.476. The largest absolute Gasteiger partial charge is 0.496 e. The van der Waals surface area contributed by atoms with Crippen molar-refractivity contribution in [1.29, 1.82) is 0 Å². The summed E-state index contributed by atoms with van der Waals surface area (Å²) in [7, 11) is 1.70. The highest BCUT2D eigenvalue weighted by molar-refractivity contribution is 7.10. The maximum atomic E-state index is 5.49. The highest BCUT2D eigenvalue weighted by Crippen LogP contribution is 2.36. The summed E-state index contributed by atoms with van der Waals surface area (Å²) in [6, 6.07) is 14.0. The van der Waals surface area contributed by atoms with Gasteiger partial charge >= 0.3 is 0 Å². The number of thiazole rings is 1. The first-order chi connectivity index (χ1) is 15.2. The molecule has 0 bridgehead atoms. The average Bonchev–Trinajstić information content (AvgIpc) is 3.49. The van der Waals surface area contributed by atoms with Gasteiger partial charge in [0, 0.05) is 36.1 Å². The third-order valence-corrected chi connectivity index (χ3v) is 6.67. The van der Waals surface area contributed by atoms with Gasteiger partial charge in [0.2, 0.25) is 0 Å². The van der Waals surface area contributed by atoms with Crippen molar-refractivity contribution in [2.24, 2.45) is 0 Å². The van der Waals surface area contributed by atoms with Crippen LogP contribution in [0.3, 0.4) is 0 Å². The van der Waals surface area contributed by atoms with Gasteiger partial charge in [-0.15, -0.1) is 21.5 Å². The molecule has 1 fully saturated rings. The second-order valence-corrected chi connectivity index (χ2v) is 8.57. The van der Waals surface area contributed by atoms with E-state index in [0.717, 1.165) is 60.3 Å². The zero-order valence-electron chi connectivity index (χ0n) is 17.6. The molecule has 8 heteroatoms. The van der Waals surface area contributed by atoms with E-state index in [2.05, 4.69) is 31.6 Å². The molecule has 3 aromatic heterocycles. The second-order valence-electron chi connectivity index (χ2n) is 7.68. The molecule has 31 heavy (non-hydrogen) atoms. The van der Waals surface area contributed by atoms with Crippen molar-refractivity contribution in [3.63, 3.8) is 0 Å². The fourth-order valence-electron chi connectivity index (χ4n) is 3.96. The zero-order valence-corrected chi connectivity index (χ0v) is 18.4. The van der Waals surface area contributed by atoms with Crippen LogP contribution >= 0.6 is 11.3 Å². The number of hydrogen-bond donors (Lipinski definition) is 0. The van der Waals surface area contributed by atoms with Crippen molar-refractivity contribution in [3.05, 3.63) is 64.7 Å². The van der Waals surface area contributed by atoms with Crippen LogP contribution in [0.15, 0.2) is 54.0 Å². The minimum Gasteiger partial charge on any atom is -0.496 e. The van der Waals surface area contributed by atoms with Gasteiger partial charge in [-0.1, -0.05) is 12.1 Å². The normalized spacial score (nSPS) is 14.7. The second kappa shape index (κ2) is 8.47. The highest BCUT2D eigenvalue weighted by Gasteiger charge is 2.24. The third kappa shape index (κ3) is 4.03. The first kappa shape index (κ1) is 19.7. The molecule has 0 aliphatic carbocycles. The predicted molar refractivity (Wildman–Crippen MR) is 122 cm³/mol. The Labute approximate surface area is 185 Å². The molecular weight excluding hydrogens is 408 g/mol. The molecule has 0 amide bonds. The van der Waals surface area contributed by atoms with Gasteiger partial charge in [-0.2, -0.15) is 5.10 Å². The molecule has 1 aliphatic rings. The molecule has 7 nitrogen and oxygen atoms in total. The van der Waals surface area contributed by atoms with Gasteiger partial charge in [0.1, 0.15) is 5.75 Å². The van der Waals surface area contributed by atoms with Crippen molar-refractivity contribution in [2.45, 2.75) is 25.7 Å². The zero-order chi connectivity index (χ0) is 21.2. The van der Waals surface area contributed by atoms with E-state index < -0.39 is 0 Å². The Morgan fingerprint density at radius 1 is 1.00 bits per heavy atom. The topological polar surface area (TPSA) is 69.0 Å². The lowest BCUT2D eigenvalue weighted by Gasteiger charge is -2.31. The molecule has 4 aromatic rings. The molecule has 1 aromatic carbocycles. The van der Waals surface area contributed by atoms with Crippen LogP contribution < -0.4 is 9.64 Å². The van der Waals surface area contributed by atoms with Gasteiger partial charge in [0.25, 0.3) is 0 Å². The summed E-state index contributed by atoms with van der Waals surface area (Å²) < 4.78 is 7.25. The fraction of sp³-hybridized carbons (Fsp3) is 0.304. The SMILES string of the molecule is COc1ccccc1-c1csc(C2CCN(c3ccc(-n4ccc(C)n4)nn3)CC2)n1. The van der Waals surface area contributed by atoms with Crippen molar-refractivity contribution in [3.8, 4) is 22.8 Å². The summed E-state index contributed by atoms with van der Waals surface area (Å²) in [5.74, 6) is 2.99. The Hall–Kier alpha value is -3.26. The van der Waals surface area contributed by atoms with Gasteiger partial charge in [-0.25, -0.2) is 9.67 Å². The number of hydrogen-bond acceptors (Lipinski definition) is 7. The first-order valence-electron chi connectivity index (χ1n) is 10.4. The summed E-state index contributed by atoms with van der Waals surface area (Å²) in [6.45, 7) is 3.86. The van der Waals surface area contributed by atoms with Crippen LogP contribution in [0.1, 0.15) is 29.5 Å². The molecule has 1 aliphatic heterocycles. The number of para-hydroxylation sites is 1. The van der Waals surface area contributed by atoms with Gasteiger partial charge in [0.15, 0.2) is 11.6 Å². The lowest BCUT2D eigenvalue weighted by Crippen LogP contribution is -2.33. The van der Waals surface area contributed by atoms with Crippen LogP contribution in [0, 0.1) is 6.92 Å². The number of aromatic nitrogens is 5. The quantitative estimate of drug-likeness (QED) is 0.463. The number of piperidine rings is 1. The summed E-state index contributed by atoms with van der Waals surface area (Å²) in [4.78, 5) is 7.24. The maximum Gasteiger partial charge on any atom is 0.175 e. The summed E-state index contributed by atoms with van der Waals surface area (Å²) >= 11 is 1.75. The van der Waals surface area contributed by atoms with E-state index in [0.29, 0.717) is 5.92 Å². The Balaban J connectivity index is 1.24. The number of aryl methyl sites for hydroxylation is 1. The van der Waals surface area contributed by atoms with Crippen molar-refractivity contribution in [1.82, 2.24) is 25.0 Å². The number of methoxy groups -OCH3 is 1. The Morgan fingerprint density at radius 3 is 2.48 bits per heavy atom. The number of benzene rings is 1. The van der Waals surface area contributed by atoms with Crippen LogP contribution in [0.25, 0.3) is 17.1 Å². The number of nitrogens with zero attached hydrogens (tertiary/aromatic N) is 6. The van der Waals surface area contributed by atoms with E-state index in [1.807, 2.05) is 49.5 Å². The molecule has 0 N–H and O–H groups in total. The summed E-state index contributed by atoms with van der Waals surface area (Å²) in [5.41, 5.74) is 3.01. The third-order valence-electron chi connectivity index (χ3n) is 5.67. The molecule has 1 saturated heterocycles. The lowest BCUT2D eigenvalue weighted by molar-refractivity contribution is 0.416. The monoisotopic (exact) mass is 432 g/mol. The summed E-state index contributed by atoms with van der Waals surface area (Å²) in [5, 5.41) is 16.5. The first-order valence-corrected chi connectivity index (χ1v) is 11.3. The van der Waals surface area contributed by atoms with Gasteiger partial charge in [-0.3, -0.25) is 0 Å². The Bertz CT molecular complexity index is 1160. The van der Waals surface area contributed by atoms with E-state index >= 15 is 0 Å². The molecule has 4 heterocycles. The van der Waals surface area contributed by atoms with Gasteiger partial charge in [-0.05, 0) is 50.1 Å². The van der Waals surface area contributed by atoms with Gasteiger partial charge in [0.05, 0.1) is 23.5 Å². The minimum absolute atomic E-state index is 0.476. The highest BCUT2D eigenvalue weighted by atomic mass is 32.1. The average molecular weight is 433 g/mol. The van der Waals surface area contributed by atoms with E-state index in [-0.39, 0.29) is 0 Å². The number of ether oxygens (including phenoxy) is 1. The Morgan fingerprint density at radius 2 is 1.77 bits per heavy atom. The summed E-state index contributed by atoms with van der Waals surface area (Å²) in [6.07, 6.45) is 4.01. The molecule has 0 spiro atoms. The Kier molecular flexibility index (Phi) is 5.38. The van der Waals surface area contributed by atoms with E-state index in [1.54, 1.807) is 23.1 Å². The predicted octanol–water partition coefficient (Wildman–Crippen LogP) is 4.49. The van der Waals surface area contributed by atoms with E-state index in [9.17, 15) is 0 Å². The molecule has 5 rings (SSSR count). The van der Waals surface area contributed by atoms with Crippen LogP contribution in [0.4, 0.5) is 5.82 Å². The standard InChI is InChI=1S/C23H24N6OS/c1-16-9-14-29(27-16)22-8-7-21(25-26-22)28-12-10-17(11-13-28)23-24-19(15-31-23)18-5-3-4-6-20(18)30-2/h3-9,14-15,17H,10-13H2,1-2H3. The molecular formula is C23H24N6OS. The molecule has 0 saturated carbocycles. The lowest BCUT2D eigenvalue weighted by atomic mass is 9.97. The van der Waals surface area contributed by atoms with Crippen LogP contribution in [-0.4, -0.2) is 45.2 Å². The number of rotatable bonds is 5. The van der Waals surface area contributed by atoms with Crippen LogP contribution in [-0.2, 0) is 0 Å².